The van der Waals surface area contributed by atoms with Gasteiger partial charge >= 0.3 is 22.2 Å². The van der Waals surface area contributed by atoms with E-state index >= 15 is 0 Å². The van der Waals surface area contributed by atoms with Crippen LogP contribution >= 0.6 is 0 Å². The summed E-state index contributed by atoms with van der Waals surface area (Å²) in [4.78, 5) is 31.1. The van der Waals surface area contributed by atoms with Gasteiger partial charge in [-0.1, -0.05) is 25.1 Å². The third kappa shape index (κ3) is 6.70. The van der Waals surface area contributed by atoms with Crippen molar-refractivity contribution in [2.24, 2.45) is 4.47 Å². The van der Waals surface area contributed by atoms with Gasteiger partial charge in [0.25, 0.3) is 5.95 Å². The maximum Gasteiger partial charge on any atom is 0.375 e. The van der Waals surface area contributed by atoms with E-state index in [1.165, 1.54) is 27.4 Å². The molecule has 13 nitrogen and oxygen atoms in total. The maximum atomic E-state index is 12.3. The van der Waals surface area contributed by atoms with Crippen molar-refractivity contribution < 1.29 is 27.4 Å². The highest BCUT2D eigenvalue weighted by Gasteiger charge is 2.18. The van der Waals surface area contributed by atoms with Gasteiger partial charge in [0.1, 0.15) is 0 Å². The number of carbonyl (C=O) groups excluding carboxylic acids is 1. The summed E-state index contributed by atoms with van der Waals surface area (Å²) in [7, 11) is 1.36. The minimum absolute atomic E-state index is 0.116. The van der Waals surface area contributed by atoms with Crippen molar-refractivity contribution in [3.63, 3.8) is 0 Å². The fraction of sp³-hybridized carbons (Fsp3) is 0.316. The van der Waals surface area contributed by atoms with Crippen LogP contribution in [0.4, 0.5) is 0 Å². The number of rotatable bonds is 7. The Kier molecular flexibility index (Phi) is 9.23. The Morgan fingerprint density at radius 1 is 1.06 bits per heavy atom. The number of hydrogen-bond acceptors (Lipinski definition) is 11. The zero-order valence-electron chi connectivity index (χ0n) is 18.3. The van der Waals surface area contributed by atoms with Crippen molar-refractivity contribution in [3.05, 3.63) is 58.3 Å². The Balaban J connectivity index is 0.000000321. The van der Waals surface area contributed by atoms with E-state index in [1.807, 2.05) is 13.0 Å². The quantitative estimate of drug-likeness (QED) is 0.450. The number of nitrogens with zero attached hydrogens (tertiary/aromatic N) is 6. The van der Waals surface area contributed by atoms with Crippen LogP contribution < -0.4 is 15.2 Å². The normalized spacial score (nSPS) is 9.94. The molecule has 2 heterocycles. The fourth-order valence-corrected chi connectivity index (χ4v) is 2.74. The largest absolute Gasteiger partial charge is 0.481 e. The second kappa shape index (κ2) is 12.1. The summed E-state index contributed by atoms with van der Waals surface area (Å²) in [6.07, 6.45) is 0.990. The third-order valence-corrected chi connectivity index (χ3v) is 4.21. The van der Waals surface area contributed by atoms with Gasteiger partial charge in [-0.2, -0.15) is 18.4 Å². The smallest absolute Gasteiger partial charge is 0.375 e. The Hall–Kier alpha value is -4.07. The number of carbonyl (C=O) groups is 1. The molecule has 0 saturated carbocycles. The molecule has 0 saturated heterocycles. The highest BCUT2D eigenvalue weighted by molar-refractivity contribution is 7.61. The van der Waals surface area contributed by atoms with Crippen LogP contribution in [0.1, 0.15) is 29.5 Å². The highest BCUT2D eigenvalue weighted by atomic mass is 32.2. The van der Waals surface area contributed by atoms with Gasteiger partial charge in [0.2, 0.25) is 11.8 Å². The van der Waals surface area contributed by atoms with Crippen LogP contribution in [-0.4, -0.2) is 60.1 Å². The molecule has 0 amide bonds. The van der Waals surface area contributed by atoms with E-state index in [9.17, 15) is 18.0 Å². The lowest BCUT2D eigenvalue weighted by molar-refractivity contribution is 0.0600. The standard InChI is InChI=1S/C11H14N6O5S.C8H8O2/c1-4-5-7-14-17(11(18)16(7)15-23(19)20)10-12-8(21-2)6-9(13-10)22-3;1-10-8(9)7-5-3-2-4-6-7/h6H,4-5H2,1-3H3;2-6H,1H3. The predicted molar refractivity (Wildman–Crippen MR) is 115 cm³/mol. The molecule has 14 heteroatoms. The molecular formula is C19H22N6O7S. The maximum absolute atomic E-state index is 12.3. The molecule has 0 bridgehead atoms. The van der Waals surface area contributed by atoms with Crippen LogP contribution in [0, 0.1) is 0 Å². The second-order valence-electron chi connectivity index (χ2n) is 6.08. The minimum Gasteiger partial charge on any atom is -0.481 e. The summed E-state index contributed by atoms with van der Waals surface area (Å²) in [5.74, 6) is 0.0891. The molecule has 0 unspecified atom stereocenters. The summed E-state index contributed by atoms with van der Waals surface area (Å²) in [5.41, 5.74) is -0.224. The Bertz CT molecular complexity index is 1260. The van der Waals surface area contributed by atoms with Gasteiger partial charge in [-0.05, 0) is 23.0 Å². The molecule has 0 radical (unpaired) electrons. The zero-order valence-corrected chi connectivity index (χ0v) is 19.1. The van der Waals surface area contributed by atoms with E-state index in [0.717, 1.165) is 4.68 Å². The van der Waals surface area contributed by atoms with Gasteiger partial charge in [0.15, 0.2) is 5.82 Å². The van der Waals surface area contributed by atoms with Crippen LogP contribution in [0.5, 0.6) is 11.8 Å². The summed E-state index contributed by atoms with van der Waals surface area (Å²) in [6, 6.07) is 10.3. The van der Waals surface area contributed by atoms with Gasteiger partial charge in [0.05, 0.1) is 33.0 Å². The molecule has 0 N–H and O–H groups in total. The molecule has 0 aliphatic rings. The van der Waals surface area contributed by atoms with Crippen LogP contribution in [0.15, 0.2) is 45.7 Å². The van der Waals surface area contributed by atoms with Crippen LogP contribution in [-0.2, 0) is 21.7 Å². The Morgan fingerprint density at radius 3 is 2.15 bits per heavy atom. The predicted octanol–water partition coefficient (Wildman–Crippen LogP) is 1.09. The number of benzene rings is 1. The first-order chi connectivity index (χ1) is 15.8. The van der Waals surface area contributed by atoms with Crippen molar-refractivity contribution in [1.29, 1.82) is 0 Å². The third-order valence-electron chi connectivity index (χ3n) is 3.91. The van der Waals surface area contributed by atoms with Gasteiger partial charge in [-0.15, -0.1) is 14.5 Å². The molecule has 176 valence electrons. The van der Waals surface area contributed by atoms with Crippen molar-refractivity contribution >= 4 is 16.5 Å². The minimum atomic E-state index is -2.80. The molecule has 0 aliphatic carbocycles. The Labute approximate surface area is 190 Å². The number of aryl methyl sites for hydroxylation is 1. The molecule has 0 spiro atoms. The van der Waals surface area contributed by atoms with Crippen molar-refractivity contribution in [2.75, 3.05) is 21.3 Å². The van der Waals surface area contributed by atoms with E-state index in [0.29, 0.717) is 23.1 Å². The lowest BCUT2D eigenvalue weighted by atomic mass is 10.2. The molecule has 3 rings (SSSR count). The van der Waals surface area contributed by atoms with Crippen molar-refractivity contribution in [1.82, 2.24) is 24.4 Å². The molecule has 1 aromatic carbocycles. The summed E-state index contributed by atoms with van der Waals surface area (Å²) in [5, 5.41) is 4.04. The fourth-order valence-electron chi connectivity index (χ4n) is 2.45. The summed E-state index contributed by atoms with van der Waals surface area (Å²) >= 11 is 0. The lowest BCUT2D eigenvalue weighted by Gasteiger charge is -2.04. The number of methoxy groups -OCH3 is 3. The lowest BCUT2D eigenvalue weighted by Crippen LogP contribution is -2.23. The van der Waals surface area contributed by atoms with Crippen molar-refractivity contribution in [3.8, 4) is 17.7 Å². The van der Waals surface area contributed by atoms with Gasteiger partial charge in [-0.25, -0.2) is 9.59 Å². The molecule has 0 fully saturated rings. The molecule has 3 aromatic rings. The van der Waals surface area contributed by atoms with E-state index in [4.69, 9.17) is 9.47 Å². The molecule has 2 aromatic heterocycles. The van der Waals surface area contributed by atoms with Gasteiger partial charge in [-0.3, -0.25) is 0 Å². The van der Waals surface area contributed by atoms with Crippen LogP contribution in [0.3, 0.4) is 0 Å². The zero-order chi connectivity index (χ0) is 24.4. The monoisotopic (exact) mass is 478 g/mol. The molecule has 33 heavy (non-hydrogen) atoms. The topological polar surface area (TPSA) is 157 Å². The molecule has 0 atom stereocenters. The van der Waals surface area contributed by atoms with Crippen molar-refractivity contribution in [2.45, 2.75) is 19.8 Å². The number of aromatic nitrogens is 5. The van der Waals surface area contributed by atoms with Crippen LogP contribution in [0.2, 0.25) is 0 Å². The molecule has 0 aliphatic heterocycles. The first-order valence-electron chi connectivity index (χ1n) is 9.47. The van der Waals surface area contributed by atoms with E-state index in [2.05, 4.69) is 24.3 Å². The summed E-state index contributed by atoms with van der Waals surface area (Å²) in [6.45, 7) is 1.85. The SMILES string of the molecule is CCCc1nn(-c2nc(OC)cc(OC)n2)c(=O)n1N=S(=O)=O.COC(=O)c1ccccc1. The first-order valence-corrected chi connectivity index (χ1v) is 10.5. The average molecular weight is 478 g/mol. The number of esters is 1. The van der Waals surface area contributed by atoms with Gasteiger partial charge in [0, 0.05) is 6.42 Å². The van der Waals surface area contributed by atoms with Crippen LogP contribution in [0.25, 0.3) is 5.95 Å². The second-order valence-corrected chi connectivity index (χ2v) is 6.68. The van der Waals surface area contributed by atoms with E-state index < -0.39 is 16.2 Å². The number of hydrogen-bond donors (Lipinski definition) is 0. The van der Waals surface area contributed by atoms with E-state index in [-0.39, 0.29) is 29.5 Å². The number of ether oxygens (including phenoxy) is 3. The van der Waals surface area contributed by atoms with Gasteiger partial charge < -0.3 is 14.2 Å². The van der Waals surface area contributed by atoms with E-state index in [1.54, 1.807) is 24.3 Å². The summed E-state index contributed by atoms with van der Waals surface area (Å²) < 4.78 is 40.8. The molecular weight excluding hydrogens is 456 g/mol. The Morgan fingerprint density at radius 2 is 1.67 bits per heavy atom. The highest BCUT2D eigenvalue weighted by Crippen LogP contribution is 2.16. The average Bonchev–Trinajstić information content (AvgIpc) is 3.13. The first kappa shape index (κ1) is 25.2.